The molecule has 1 aromatic heterocycles. The molecule has 19 heavy (non-hydrogen) atoms. The highest BCUT2D eigenvalue weighted by atomic mass is 19.4. The van der Waals surface area contributed by atoms with Crippen molar-refractivity contribution in [3.05, 3.63) is 39.9 Å². The molecule has 0 unspecified atom stereocenters. The molecule has 1 N–H and O–H groups in total. The number of rotatable bonds is 2. The highest BCUT2D eigenvalue weighted by molar-refractivity contribution is 5.78. The molecular weight excluding hydrogens is 257 g/mol. The molecule has 102 valence electrons. The zero-order valence-corrected chi connectivity index (χ0v) is 10.5. The molecule has 0 radical (unpaired) electrons. The molecule has 6 heteroatoms. The van der Waals surface area contributed by atoms with E-state index in [0.717, 1.165) is 12.1 Å². The minimum Gasteiger partial charge on any atom is -0.310 e. The lowest BCUT2D eigenvalue weighted by molar-refractivity contribution is -0.137. The van der Waals surface area contributed by atoms with Crippen LogP contribution in [-0.2, 0) is 12.6 Å². The molecule has 0 aliphatic carbocycles. The van der Waals surface area contributed by atoms with Crippen LogP contribution in [0.25, 0.3) is 10.9 Å². The second-order valence-corrected chi connectivity index (χ2v) is 4.84. The van der Waals surface area contributed by atoms with Gasteiger partial charge < -0.3 is 4.98 Å². The average Bonchev–Trinajstić information content (AvgIpc) is 2.26. The summed E-state index contributed by atoms with van der Waals surface area (Å²) >= 11 is 0. The fraction of sp³-hybridized carbons (Fsp3) is 0.385. The standard InChI is InChI=1S/C13H13F3N2O/c1-7(2)5-11-17-10-4-3-8(13(14,15)16)6-9(10)12(19)18-11/h3-4,6-7H,5H2,1-2H3,(H,17,18,19). The van der Waals surface area contributed by atoms with Crippen LogP contribution in [0.3, 0.4) is 0 Å². The molecule has 0 bridgehead atoms. The Bertz CT molecular complexity index is 659. The number of benzene rings is 1. The number of aromatic amines is 1. The van der Waals surface area contributed by atoms with E-state index < -0.39 is 17.3 Å². The SMILES string of the molecule is CC(C)Cc1nc2ccc(C(F)(F)F)cc2c(=O)[nH]1. The van der Waals surface area contributed by atoms with E-state index in [-0.39, 0.29) is 10.9 Å². The number of halogens is 3. The predicted octanol–water partition coefficient (Wildman–Crippen LogP) is 3.14. The van der Waals surface area contributed by atoms with Crippen molar-refractivity contribution in [3.63, 3.8) is 0 Å². The van der Waals surface area contributed by atoms with Crippen LogP contribution in [0, 0.1) is 5.92 Å². The molecule has 1 heterocycles. The molecule has 0 atom stereocenters. The molecule has 0 saturated heterocycles. The summed E-state index contributed by atoms with van der Waals surface area (Å²) in [4.78, 5) is 18.5. The number of alkyl halides is 3. The Balaban J connectivity index is 2.57. The van der Waals surface area contributed by atoms with Gasteiger partial charge in [0.15, 0.2) is 0 Å². The van der Waals surface area contributed by atoms with E-state index in [1.54, 1.807) is 0 Å². The van der Waals surface area contributed by atoms with Gasteiger partial charge in [0.05, 0.1) is 16.5 Å². The first-order valence-corrected chi connectivity index (χ1v) is 5.87. The van der Waals surface area contributed by atoms with Crippen LogP contribution >= 0.6 is 0 Å². The van der Waals surface area contributed by atoms with Crippen molar-refractivity contribution in [2.75, 3.05) is 0 Å². The van der Waals surface area contributed by atoms with Gasteiger partial charge in [0, 0.05) is 6.42 Å². The number of hydrogen-bond donors (Lipinski definition) is 1. The molecule has 0 spiro atoms. The first kappa shape index (κ1) is 13.6. The van der Waals surface area contributed by atoms with Crippen LogP contribution in [0.4, 0.5) is 13.2 Å². The Morgan fingerprint density at radius 1 is 1.32 bits per heavy atom. The predicted molar refractivity (Wildman–Crippen MR) is 65.9 cm³/mol. The normalized spacial score (nSPS) is 12.3. The largest absolute Gasteiger partial charge is 0.416 e. The summed E-state index contributed by atoms with van der Waals surface area (Å²) in [5.41, 5.74) is -1.09. The zero-order valence-electron chi connectivity index (χ0n) is 10.5. The Hall–Kier alpha value is -1.85. The summed E-state index contributed by atoms with van der Waals surface area (Å²) in [5, 5.41) is -0.0395. The van der Waals surface area contributed by atoms with Crippen molar-refractivity contribution >= 4 is 10.9 Å². The first-order valence-electron chi connectivity index (χ1n) is 5.87. The first-order chi connectivity index (χ1) is 8.77. The highest BCUT2D eigenvalue weighted by Crippen LogP contribution is 2.30. The van der Waals surface area contributed by atoms with Gasteiger partial charge >= 0.3 is 6.18 Å². The maximum Gasteiger partial charge on any atom is 0.416 e. The van der Waals surface area contributed by atoms with Gasteiger partial charge in [0.25, 0.3) is 5.56 Å². The number of nitrogens with zero attached hydrogens (tertiary/aromatic N) is 1. The van der Waals surface area contributed by atoms with E-state index in [1.165, 1.54) is 6.07 Å². The number of H-pyrrole nitrogens is 1. The molecule has 1 aromatic carbocycles. The molecule has 0 aliphatic heterocycles. The maximum absolute atomic E-state index is 12.6. The lowest BCUT2D eigenvalue weighted by Crippen LogP contribution is -2.15. The van der Waals surface area contributed by atoms with Crippen LogP contribution in [0.5, 0.6) is 0 Å². The van der Waals surface area contributed by atoms with E-state index in [9.17, 15) is 18.0 Å². The van der Waals surface area contributed by atoms with E-state index >= 15 is 0 Å². The van der Waals surface area contributed by atoms with Crippen molar-refractivity contribution in [1.82, 2.24) is 9.97 Å². The molecule has 3 nitrogen and oxygen atoms in total. The fourth-order valence-corrected chi connectivity index (χ4v) is 1.85. The van der Waals surface area contributed by atoms with Gasteiger partial charge in [-0.25, -0.2) is 4.98 Å². The summed E-state index contributed by atoms with van der Waals surface area (Å²) in [6.07, 6.45) is -3.89. The molecule has 0 saturated carbocycles. The third-order valence-corrected chi connectivity index (χ3v) is 2.68. The quantitative estimate of drug-likeness (QED) is 0.911. The lowest BCUT2D eigenvalue weighted by Gasteiger charge is -2.08. The molecule has 0 amide bonds. The number of hydrogen-bond acceptors (Lipinski definition) is 2. The topological polar surface area (TPSA) is 45.8 Å². The smallest absolute Gasteiger partial charge is 0.310 e. The minimum atomic E-state index is -4.46. The number of aromatic nitrogens is 2. The van der Waals surface area contributed by atoms with Crippen molar-refractivity contribution in [1.29, 1.82) is 0 Å². The Kier molecular flexibility index (Phi) is 3.34. The van der Waals surface area contributed by atoms with Gasteiger partial charge in [-0.05, 0) is 24.1 Å². The Labute approximate surface area is 107 Å². The van der Waals surface area contributed by atoms with E-state index in [2.05, 4.69) is 9.97 Å². The molecular formula is C13H13F3N2O. The van der Waals surface area contributed by atoms with Crippen LogP contribution in [0.1, 0.15) is 25.2 Å². The molecule has 2 aromatic rings. The van der Waals surface area contributed by atoms with Gasteiger partial charge in [-0.2, -0.15) is 13.2 Å². The van der Waals surface area contributed by atoms with Gasteiger partial charge in [-0.15, -0.1) is 0 Å². The third-order valence-electron chi connectivity index (χ3n) is 2.68. The Morgan fingerprint density at radius 2 is 2.00 bits per heavy atom. The fourth-order valence-electron chi connectivity index (χ4n) is 1.85. The lowest BCUT2D eigenvalue weighted by atomic mass is 10.1. The maximum atomic E-state index is 12.6. The monoisotopic (exact) mass is 270 g/mol. The summed E-state index contributed by atoms with van der Waals surface area (Å²) in [6, 6.07) is 3.01. The second kappa shape index (κ2) is 4.68. The minimum absolute atomic E-state index is 0.0395. The van der Waals surface area contributed by atoms with Gasteiger partial charge in [-0.3, -0.25) is 4.79 Å². The Morgan fingerprint density at radius 3 is 2.58 bits per heavy atom. The summed E-state index contributed by atoms with van der Waals surface area (Å²) in [7, 11) is 0. The van der Waals surface area contributed by atoms with Crippen LogP contribution in [0.15, 0.2) is 23.0 Å². The van der Waals surface area contributed by atoms with Crippen LogP contribution in [-0.4, -0.2) is 9.97 Å². The number of fused-ring (bicyclic) bond motifs is 1. The second-order valence-electron chi connectivity index (χ2n) is 4.84. The van der Waals surface area contributed by atoms with Gasteiger partial charge in [-0.1, -0.05) is 13.8 Å². The number of nitrogens with one attached hydrogen (secondary N) is 1. The third kappa shape index (κ3) is 2.94. The summed E-state index contributed by atoms with van der Waals surface area (Å²) in [5.74, 6) is 0.794. The highest BCUT2D eigenvalue weighted by Gasteiger charge is 2.30. The zero-order chi connectivity index (χ0) is 14.2. The van der Waals surface area contributed by atoms with E-state index in [0.29, 0.717) is 18.2 Å². The average molecular weight is 270 g/mol. The van der Waals surface area contributed by atoms with E-state index in [1.807, 2.05) is 13.8 Å². The molecule has 0 aliphatic rings. The summed E-state index contributed by atoms with van der Waals surface area (Å²) in [6.45, 7) is 3.94. The van der Waals surface area contributed by atoms with Crippen molar-refractivity contribution in [2.24, 2.45) is 5.92 Å². The van der Waals surface area contributed by atoms with E-state index in [4.69, 9.17) is 0 Å². The van der Waals surface area contributed by atoms with Crippen molar-refractivity contribution in [2.45, 2.75) is 26.4 Å². The van der Waals surface area contributed by atoms with Gasteiger partial charge in [0.1, 0.15) is 5.82 Å². The molecule has 2 rings (SSSR count). The summed E-state index contributed by atoms with van der Waals surface area (Å²) < 4.78 is 37.7. The molecule has 0 fully saturated rings. The van der Waals surface area contributed by atoms with Crippen molar-refractivity contribution in [3.8, 4) is 0 Å². The van der Waals surface area contributed by atoms with Crippen LogP contribution < -0.4 is 5.56 Å². The van der Waals surface area contributed by atoms with Gasteiger partial charge in [0.2, 0.25) is 0 Å². The van der Waals surface area contributed by atoms with Crippen LogP contribution in [0.2, 0.25) is 0 Å². The van der Waals surface area contributed by atoms with Crippen molar-refractivity contribution < 1.29 is 13.2 Å².